The van der Waals surface area contributed by atoms with Gasteiger partial charge in [0, 0.05) is 31.2 Å². The van der Waals surface area contributed by atoms with E-state index in [-0.39, 0.29) is 13.2 Å². The molecule has 3 aromatic rings. The third-order valence-electron chi connectivity index (χ3n) is 3.62. The van der Waals surface area contributed by atoms with Crippen molar-refractivity contribution < 1.29 is 18.3 Å². The zero-order valence-corrected chi connectivity index (χ0v) is 14.8. The van der Waals surface area contributed by atoms with Crippen molar-refractivity contribution in [1.29, 1.82) is 0 Å². The zero-order chi connectivity index (χ0) is 18.6. The second-order valence-electron chi connectivity index (χ2n) is 5.53. The second-order valence-corrected chi connectivity index (χ2v) is 7.30. The maximum atomic E-state index is 12.2. The van der Waals surface area contributed by atoms with Crippen molar-refractivity contribution in [1.82, 2.24) is 14.3 Å². The molecular weight excluding hydrogens is 356 g/mol. The number of rotatable bonds is 7. The molecule has 2 N–H and O–H groups in total. The van der Waals surface area contributed by atoms with Crippen molar-refractivity contribution in [2.24, 2.45) is 0 Å². The van der Waals surface area contributed by atoms with E-state index in [9.17, 15) is 8.42 Å². The van der Waals surface area contributed by atoms with E-state index in [0.29, 0.717) is 17.2 Å². The largest absolute Gasteiger partial charge is 0.457 e. The molecule has 0 unspecified atom stereocenters. The van der Waals surface area contributed by atoms with Crippen molar-refractivity contribution in [3.8, 4) is 11.5 Å². The molecule has 3 rings (SSSR count). The van der Waals surface area contributed by atoms with E-state index < -0.39 is 10.2 Å². The normalized spacial score (nSPS) is 11.7. The molecule has 0 saturated heterocycles. The third-order valence-corrected chi connectivity index (χ3v) is 5.11. The molecule has 0 radical (unpaired) electrons. The van der Waals surface area contributed by atoms with Gasteiger partial charge in [-0.1, -0.05) is 6.07 Å². The van der Waals surface area contributed by atoms with Crippen LogP contribution in [0.5, 0.6) is 11.5 Å². The van der Waals surface area contributed by atoms with Crippen LogP contribution in [0, 0.1) is 0 Å². The van der Waals surface area contributed by atoms with Crippen molar-refractivity contribution in [3.05, 3.63) is 55.0 Å². The predicted octanol–water partition coefficient (Wildman–Crippen LogP) is 2.00. The molecule has 0 aliphatic rings. The van der Waals surface area contributed by atoms with Crippen LogP contribution >= 0.6 is 0 Å². The van der Waals surface area contributed by atoms with Crippen LogP contribution < -0.4 is 9.46 Å². The number of likely N-dealkylation sites (N-methyl/N-ethyl adjacent to an activating group) is 1. The summed E-state index contributed by atoms with van der Waals surface area (Å²) in [6, 6.07) is 12.0. The first-order valence-electron chi connectivity index (χ1n) is 7.80. The summed E-state index contributed by atoms with van der Waals surface area (Å²) in [6.45, 7) is -0.253. The minimum Gasteiger partial charge on any atom is -0.457 e. The Balaban J connectivity index is 1.78. The van der Waals surface area contributed by atoms with E-state index in [1.54, 1.807) is 42.6 Å². The lowest BCUT2D eigenvalue weighted by Gasteiger charge is -2.17. The van der Waals surface area contributed by atoms with E-state index >= 15 is 0 Å². The van der Waals surface area contributed by atoms with E-state index in [2.05, 4.69) is 14.7 Å². The van der Waals surface area contributed by atoms with Crippen LogP contribution in [0.4, 0.5) is 5.69 Å². The van der Waals surface area contributed by atoms with Crippen LogP contribution in [-0.4, -0.2) is 48.0 Å². The number of nitrogens with one attached hydrogen (secondary N) is 1. The molecule has 0 atom stereocenters. The zero-order valence-electron chi connectivity index (χ0n) is 14.0. The summed E-state index contributed by atoms with van der Waals surface area (Å²) in [5, 5.41) is 9.73. The van der Waals surface area contributed by atoms with E-state index in [1.165, 1.54) is 13.4 Å². The number of benzene rings is 2. The minimum atomic E-state index is -3.74. The summed E-state index contributed by atoms with van der Waals surface area (Å²) in [7, 11) is -2.36. The molecule has 0 spiro atoms. The van der Waals surface area contributed by atoms with Gasteiger partial charge in [0.1, 0.15) is 17.8 Å². The van der Waals surface area contributed by atoms with Gasteiger partial charge >= 0.3 is 10.2 Å². The van der Waals surface area contributed by atoms with E-state index in [1.807, 2.05) is 6.07 Å². The molecule has 1 aromatic heterocycles. The molecule has 0 saturated carbocycles. The Labute approximate surface area is 151 Å². The quantitative estimate of drug-likeness (QED) is 0.655. The Kier molecular flexibility index (Phi) is 5.31. The molecule has 9 heteroatoms. The van der Waals surface area contributed by atoms with Crippen LogP contribution in [-0.2, 0) is 10.2 Å². The average Bonchev–Trinajstić information content (AvgIpc) is 2.62. The van der Waals surface area contributed by atoms with Crippen LogP contribution in [0.2, 0.25) is 0 Å². The van der Waals surface area contributed by atoms with Crippen LogP contribution in [0.3, 0.4) is 0 Å². The van der Waals surface area contributed by atoms with Gasteiger partial charge in [0.2, 0.25) is 0 Å². The number of aliphatic hydroxyl groups is 1. The molecule has 26 heavy (non-hydrogen) atoms. The lowest BCUT2D eigenvalue weighted by molar-refractivity contribution is 0.267. The fourth-order valence-corrected chi connectivity index (χ4v) is 3.18. The number of ether oxygens (including phenoxy) is 1. The first-order chi connectivity index (χ1) is 12.5. The number of fused-ring (bicyclic) bond motifs is 1. The highest BCUT2D eigenvalue weighted by Crippen LogP contribution is 2.27. The molecule has 0 amide bonds. The monoisotopic (exact) mass is 374 g/mol. The van der Waals surface area contributed by atoms with Gasteiger partial charge < -0.3 is 9.84 Å². The molecule has 1 heterocycles. The van der Waals surface area contributed by atoms with Gasteiger partial charge in [-0.15, -0.1) is 0 Å². The Bertz CT molecular complexity index is 1010. The number of nitrogens with zero attached hydrogens (tertiary/aromatic N) is 3. The molecule has 0 fully saturated rings. The minimum absolute atomic E-state index is 0.00465. The lowest BCUT2D eigenvalue weighted by atomic mass is 10.2. The summed E-state index contributed by atoms with van der Waals surface area (Å²) in [5.74, 6) is 1.07. The van der Waals surface area contributed by atoms with Gasteiger partial charge in [-0.2, -0.15) is 12.7 Å². The molecule has 8 nitrogen and oxygen atoms in total. The SMILES string of the molecule is CN(CCO)S(=O)(=O)Nc1cccc(Oc2ccc3ncncc3c2)c1. The molecule has 2 aromatic carbocycles. The fraction of sp³-hybridized carbons (Fsp3) is 0.176. The highest BCUT2D eigenvalue weighted by molar-refractivity contribution is 7.90. The van der Waals surface area contributed by atoms with E-state index in [4.69, 9.17) is 9.84 Å². The van der Waals surface area contributed by atoms with Gasteiger partial charge in [-0.05, 0) is 30.3 Å². The Morgan fingerprint density at radius 1 is 1.19 bits per heavy atom. The summed E-state index contributed by atoms with van der Waals surface area (Å²) < 4.78 is 33.6. The Morgan fingerprint density at radius 3 is 2.81 bits per heavy atom. The number of anilines is 1. The number of aromatic nitrogens is 2. The summed E-state index contributed by atoms with van der Waals surface area (Å²) in [5.41, 5.74) is 1.16. The molecule has 136 valence electrons. The van der Waals surface area contributed by atoms with Crippen molar-refractivity contribution in [2.45, 2.75) is 0 Å². The number of hydrogen-bond donors (Lipinski definition) is 2. The van der Waals surface area contributed by atoms with Crippen molar-refractivity contribution in [2.75, 3.05) is 24.9 Å². The van der Waals surface area contributed by atoms with Gasteiger partial charge in [0.15, 0.2) is 0 Å². The first kappa shape index (κ1) is 18.1. The average molecular weight is 374 g/mol. The third kappa shape index (κ3) is 4.26. The number of hydrogen-bond acceptors (Lipinski definition) is 6. The number of aliphatic hydroxyl groups excluding tert-OH is 1. The molecule has 0 bridgehead atoms. The van der Waals surface area contributed by atoms with Crippen LogP contribution in [0.1, 0.15) is 0 Å². The predicted molar refractivity (Wildman–Crippen MR) is 98.3 cm³/mol. The highest BCUT2D eigenvalue weighted by Gasteiger charge is 2.17. The summed E-state index contributed by atoms with van der Waals surface area (Å²) in [4.78, 5) is 8.13. The highest BCUT2D eigenvalue weighted by atomic mass is 32.2. The van der Waals surface area contributed by atoms with Gasteiger partial charge in [0.25, 0.3) is 0 Å². The maximum absolute atomic E-state index is 12.2. The first-order valence-corrected chi connectivity index (χ1v) is 9.24. The molecular formula is C17H18N4O4S. The van der Waals surface area contributed by atoms with Gasteiger partial charge in [-0.25, -0.2) is 9.97 Å². The fourth-order valence-electron chi connectivity index (χ4n) is 2.27. The topological polar surface area (TPSA) is 105 Å². The van der Waals surface area contributed by atoms with Crippen molar-refractivity contribution >= 4 is 26.8 Å². The van der Waals surface area contributed by atoms with Gasteiger partial charge in [0.05, 0.1) is 17.8 Å². The second kappa shape index (κ2) is 7.65. The van der Waals surface area contributed by atoms with Crippen molar-refractivity contribution in [3.63, 3.8) is 0 Å². The lowest BCUT2D eigenvalue weighted by Crippen LogP contribution is -2.34. The van der Waals surface area contributed by atoms with Crippen LogP contribution in [0.15, 0.2) is 55.0 Å². The summed E-state index contributed by atoms with van der Waals surface area (Å²) in [6.07, 6.45) is 3.17. The molecule has 0 aliphatic heterocycles. The molecule has 0 aliphatic carbocycles. The summed E-state index contributed by atoms with van der Waals surface area (Å²) >= 11 is 0. The smallest absolute Gasteiger partial charge is 0.301 e. The Hall–Kier alpha value is -2.75. The van der Waals surface area contributed by atoms with Gasteiger partial charge in [-0.3, -0.25) is 4.72 Å². The van der Waals surface area contributed by atoms with Crippen LogP contribution in [0.25, 0.3) is 10.9 Å². The maximum Gasteiger partial charge on any atom is 0.301 e. The van der Waals surface area contributed by atoms with E-state index in [0.717, 1.165) is 15.2 Å². The standard InChI is InChI=1S/C17H18N4O4S/c1-21(7-8-22)26(23,24)20-14-3-2-4-15(10-14)25-16-5-6-17-13(9-16)11-18-12-19-17/h2-6,9-12,20,22H,7-8H2,1H3. The Morgan fingerprint density at radius 2 is 2.00 bits per heavy atom.